The zero-order valence-corrected chi connectivity index (χ0v) is 20.4. The van der Waals surface area contributed by atoms with Gasteiger partial charge in [-0.2, -0.15) is 4.98 Å². The van der Waals surface area contributed by atoms with Crippen LogP contribution in [0.15, 0.2) is 71.8 Å². The van der Waals surface area contributed by atoms with Gasteiger partial charge in [0.15, 0.2) is 5.82 Å². The van der Waals surface area contributed by atoms with E-state index in [9.17, 15) is 4.79 Å². The van der Waals surface area contributed by atoms with Gasteiger partial charge in [-0.1, -0.05) is 18.2 Å². The molecule has 2 aromatic heterocycles. The Kier molecular flexibility index (Phi) is 6.20. The molecular weight excluding hydrogens is 470 g/mol. The Morgan fingerprint density at radius 2 is 2.11 bits per heavy atom. The van der Waals surface area contributed by atoms with Crippen molar-refractivity contribution in [2.75, 3.05) is 37.0 Å². The minimum Gasteiger partial charge on any atom is -0.481 e. The lowest BCUT2D eigenvalue weighted by Gasteiger charge is -2.35. The van der Waals surface area contributed by atoms with Gasteiger partial charge in [0.25, 0.3) is 5.56 Å². The molecule has 188 valence electrons. The molecule has 1 unspecified atom stereocenters. The predicted octanol–water partition coefficient (Wildman–Crippen LogP) is 4.06. The number of fused-ring (bicyclic) bond motifs is 2. The van der Waals surface area contributed by atoms with Gasteiger partial charge in [-0.25, -0.2) is 4.98 Å². The number of rotatable bonds is 6. The van der Waals surface area contributed by atoms with Crippen molar-refractivity contribution in [3.8, 4) is 17.4 Å². The highest BCUT2D eigenvalue weighted by Gasteiger charge is 2.29. The molecule has 6 rings (SSSR count). The summed E-state index contributed by atoms with van der Waals surface area (Å²) in [6, 6.07) is 17.7. The van der Waals surface area contributed by atoms with E-state index in [1.807, 2.05) is 30.3 Å². The van der Waals surface area contributed by atoms with Crippen LogP contribution < -0.4 is 25.2 Å². The van der Waals surface area contributed by atoms with E-state index in [1.54, 1.807) is 25.6 Å². The van der Waals surface area contributed by atoms with Gasteiger partial charge in [0, 0.05) is 54.8 Å². The largest absolute Gasteiger partial charge is 0.481 e. The van der Waals surface area contributed by atoms with E-state index in [0.29, 0.717) is 43.6 Å². The van der Waals surface area contributed by atoms with Gasteiger partial charge in [0.05, 0.1) is 20.3 Å². The van der Waals surface area contributed by atoms with E-state index in [-0.39, 0.29) is 11.7 Å². The highest BCUT2D eigenvalue weighted by Crippen LogP contribution is 2.43. The Hall–Kier alpha value is -4.37. The van der Waals surface area contributed by atoms with Crippen LogP contribution in [0.5, 0.6) is 17.4 Å². The lowest BCUT2D eigenvalue weighted by Crippen LogP contribution is -2.41. The second-order valence-electron chi connectivity index (χ2n) is 9.00. The third-order valence-corrected chi connectivity index (χ3v) is 6.67. The molecule has 1 atom stereocenters. The van der Waals surface area contributed by atoms with Crippen LogP contribution in [0.25, 0.3) is 0 Å². The smallest absolute Gasteiger partial charge is 0.271 e. The Bertz CT molecular complexity index is 1490. The zero-order chi connectivity index (χ0) is 25.2. The summed E-state index contributed by atoms with van der Waals surface area (Å²) >= 11 is 0. The number of aromatic nitrogens is 3. The number of methoxy groups -OCH3 is 1. The first-order valence-electron chi connectivity index (χ1n) is 12.2. The van der Waals surface area contributed by atoms with E-state index in [4.69, 9.17) is 14.2 Å². The first-order valence-corrected chi connectivity index (χ1v) is 12.2. The molecule has 1 saturated heterocycles. The van der Waals surface area contributed by atoms with Crippen LogP contribution in [0, 0.1) is 0 Å². The summed E-state index contributed by atoms with van der Waals surface area (Å²) in [7, 11) is 1.59. The average Bonchev–Trinajstić information content (AvgIpc) is 2.95. The number of anilines is 2. The van der Waals surface area contributed by atoms with E-state index in [0.717, 1.165) is 40.3 Å². The van der Waals surface area contributed by atoms with Crippen molar-refractivity contribution in [2.24, 2.45) is 0 Å². The van der Waals surface area contributed by atoms with Crippen molar-refractivity contribution in [3.05, 3.63) is 99.9 Å². The molecule has 0 bridgehead atoms. The Morgan fingerprint density at radius 3 is 3.00 bits per heavy atom. The Morgan fingerprint density at radius 1 is 1.16 bits per heavy atom. The zero-order valence-electron chi connectivity index (χ0n) is 20.4. The standard InChI is InChI=1S/C28H27N5O4/c1-35-26-9-11-29-25(32-26)16-31-20-7-8-23-19(15-20)14-18-4-2-5-21(27(18)37-23)24-17-33(12-13-36-24)22-6-3-10-30-28(22)34/h2-11,15,24,31H,12-14,16-17H2,1H3,(H,30,34). The quantitative estimate of drug-likeness (QED) is 0.362. The van der Waals surface area contributed by atoms with Crippen LogP contribution in [0.4, 0.5) is 11.4 Å². The van der Waals surface area contributed by atoms with Crippen LogP contribution in [0.2, 0.25) is 0 Å². The number of pyridine rings is 1. The number of H-pyrrole nitrogens is 1. The van der Waals surface area contributed by atoms with Gasteiger partial charge in [0.1, 0.15) is 23.3 Å². The number of aromatic amines is 1. The van der Waals surface area contributed by atoms with Crippen molar-refractivity contribution in [1.82, 2.24) is 15.0 Å². The number of benzene rings is 2. The van der Waals surface area contributed by atoms with Gasteiger partial charge in [0.2, 0.25) is 5.88 Å². The molecule has 9 heteroatoms. The lowest BCUT2D eigenvalue weighted by molar-refractivity contribution is 0.0383. The van der Waals surface area contributed by atoms with E-state index in [2.05, 4.69) is 43.4 Å². The first-order chi connectivity index (χ1) is 18.2. The molecule has 37 heavy (non-hydrogen) atoms. The van der Waals surface area contributed by atoms with Crippen LogP contribution in [-0.4, -0.2) is 41.8 Å². The number of hydrogen-bond acceptors (Lipinski definition) is 8. The summed E-state index contributed by atoms with van der Waals surface area (Å²) in [6.07, 6.45) is 3.88. The van der Waals surface area contributed by atoms with Crippen LogP contribution in [0.1, 0.15) is 28.6 Å². The second kappa shape index (κ2) is 9.94. The molecule has 9 nitrogen and oxygen atoms in total. The fraction of sp³-hybridized carbons (Fsp3) is 0.250. The predicted molar refractivity (Wildman–Crippen MR) is 140 cm³/mol. The number of nitrogens with zero attached hydrogens (tertiary/aromatic N) is 3. The molecule has 0 spiro atoms. The minimum atomic E-state index is -0.200. The summed E-state index contributed by atoms with van der Waals surface area (Å²) in [4.78, 5) is 25.8. The topological polar surface area (TPSA) is 102 Å². The molecule has 0 saturated carbocycles. The fourth-order valence-corrected chi connectivity index (χ4v) is 4.84. The molecule has 4 aromatic rings. The van der Waals surface area contributed by atoms with Gasteiger partial charge in [-0.05, 0) is 35.9 Å². The maximum Gasteiger partial charge on any atom is 0.271 e. The average molecular weight is 498 g/mol. The Balaban J connectivity index is 1.20. The van der Waals surface area contributed by atoms with E-state index in [1.165, 1.54) is 0 Å². The van der Waals surface area contributed by atoms with Crippen molar-refractivity contribution in [1.29, 1.82) is 0 Å². The normalized spacial score (nSPS) is 16.4. The highest BCUT2D eigenvalue weighted by atomic mass is 16.5. The number of para-hydroxylation sites is 1. The molecule has 2 aromatic carbocycles. The van der Waals surface area contributed by atoms with Crippen LogP contribution >= 0.6 is 0 Å². The molecule has 2 aliphatic heterocycles. The lowest BCUT2D eigenvalue weighted by atomic mass is 9.95. The SMILES string of the molecule is COc1ccnc(CNc2ccc3c(c2)Cc2cccc(C4CN(c5ccc[nH]c5=O)CCO4)c2O3)n1. The summed E-state index contributed by atoms with van der Waals surface area (Å²) < 4.78 is 17.8. The fourth-order valence-electron chi connectivity index (χ4n) is 4.84. The molecule has 0 radical (unpaired) electrons. The second-order valence-corrected chi connectivity index (χ2v) is 9.00. The summed E-state index contributed by atoms with van der Waals surface area (Å²) in [5.74, 6) is 2.87. The Labute approximate surface area is 214 Å². The van der Waals surface area contributed by atoms with E-state index < -0.39 is 0 Å². The number of nitrogens with one attached hydrogen (secondary N) is 2. The van der Waals surface area contributed by atoms with Gasteiger partial charge < -0.3 is 29.4 Å². The van der Waals surface area contributed by atoms with Crippen molar-refractivity contribution in [3.63, 3.8) is 0 Å². The maximum atomic E-state index is 12.3. The van der Waals surface area contributed by atoms with Crippen molar-refractivity contribution >= 4 is 11.4 Å². The molecule has 1 fully saturated rings. The third-order valence-electron chi connectivity index (χ3n) is 6.67. The van der Waals surface area contributed by atoms with Crippen molar-refractivity contribution in [2.45, 2.75) is 19.1 Å². The summed E-state index contributed by atoms with van der Waals surface area (Å²) in [5.41, 5.74) is 4.74. The van der Waals surface area contributed by atoms with Crippen LogP contribution in [0.3, 0.4) is 0 Å². The number of morpholine rings is 1. The molecular formula is C28H27N5O4. The molecule has 4 heterocycles. The van der Waals surface area contributed by atoms with Crippen molar-refractivity contribution < 1.29 is 14.2 Å². The third kappa shape index (κ3) is 4.73. The van der Waals surface area contributed by atoms with Gasteiger partial charge in [-0.15, -0.1) is 0 Å². The minimum absolute atomic E-state index is 0.0919. The summed E-state index contributed by atoms with van der Waals surface area (Å²) in [6.45, 7) is 2.26. The first kappa shape index (κ1) is 23.1. The highest BCUT2D eigenvalue weighted by molar-refractivity contribution is 5.59. The molecule has 0 aliphatic carbocycles. The number of ether oxygens (including phenoxy) is 3. The van der Waals surface area contributed by atoms with Crippen LogP contribution in [-0.2, 0) is 17.7 Å². The molecule has 2 N–H and O–H groups in total. The number of hydrogen-bond donors (Lipinski definition) is 2. The van der Waals surface area contributed by atoms with E-state index >= 15 is 0 Å². The molecule has 0 amide bonds. The summed E-state index contributed by atoms with van der Waals surface area (Å²) in [5, 5.41) is 3.38. The molecule has 2 aliphatic rings. The van der Waals surface area contributed by atoms with Gasteiger partial charge >= 0.3 is 0 Å². The monoisotopic (exact) mass is 497 g/mol. The van der Waals surface area contributed by atoms with Gasteiger partial charge in [-0.3, -0.25) is 4.79 Å². The maximum absolute atomic E-state index is 12.3.